The summed E-state index contributed by atoms with van der Waals surface area (Å²) in [5.41, 5.74) is 7.04. The van der Waals surface area contributed by atoms with Crippen molar-refractivity contribution in [2.24, 2.45) is 17.1 Å². The SMILES string of the molecule is C=C(NCC(C)C)C(C)(C)C(C)(N)CC. The fourth-order valence-corrected chi connectivity index (χ4v) is 1.33. The Labute approximate surface area is 95.3 Å². The molecule has 0 bridgehead atoms. The van der Waals surface area contributed by atoms with Crippen LogP contribution in [-0.2, 0) is 0 Å². The molecule has 0 heterocycles. The van der Waals surface area contributed by atoms with Crippen LogP contribution in [0, 0.1) is 11.3 Å². The van der Waals surface area contributed by atoms with Crippen molar-refractivity contribution in [2.75, 3.05) is 6.54 Å². The first-order valence-electron chi connectivity index (χ1n) is 5.87. The van der Waals surface area contributed by atoms with E-state index in [1.165, 1.54) is 0 Å². The van der Waals surface area contributed by atoms with E-state index in [2.05, 4.69) is 53.4 Å². The monoisotopic (exact) mass is 212 g/mol. The van der Waals surface area contributed by atoms with Gasteiger partial charge in [-0.25, -0.2) is 0 Å². The third-order valence-corrected chi connectivity index (χ3v) is 3.64. The first kappa shape index (κ1) is 14.5. The van der Waals surface area contributed by atoms with Crippen LogP contribution in [-0.4, -0.2) is 12.1 Å². The molecule has 0 saturated carbocycles. The van der Waals surface area contributed by atoms with E-state index >= 15 is 0 Å². The molecule has 15 heavy (non-hydrogen) atoms. The molecular formula is C13H28N2. The Kier molecular flexibility index (Phi) is 4.85. The normalized spacial score (nSPS) is 16.3. The lowest BCUT2D eigenvalue weighted by Gasteiger charge is -2.42. The van der Waals surface area contributed by atoms with Gasteiger partial charge in [-0.15, -0.1) is 0 Å². The lowest BCUT2D eigenvalue weighted by molar-refractivity contribution is 0.210. The van der Waals surface area contributed by atoms with Gasteiger partial charge in [0.05, 0.1) is 0 Å². The molecular weight excluding hydrogens is 184 g/mol. The highest BCUT2D eigenvalue weighted by Crippen LogP contribution is 2.36. The number of rotatable bonds is 6. The minimum absolute atomic E-state index is 0.0867. The summed E-state index contributed by atoms with van der Waals surface area (Å²) in [6.07, 6.45) is 0.947. The lowest BCUT2D eigenvalue weighted by atomic mass is 9.70. The highest BCUT2D eigenvalue weighted by atomic mass is 14.9. The summed E-state index contributed by atoms with van der Waals surface area (Å²) < 4.78 is 0. The fraction of sp³-hybridized carbons (Fsp3) is 0.846. The van der Waals surface area contributed by atoms with Crippen molar-refractivity contribution < 1.29 is 0 Å². The van der Waals surface area contributed by atoms with Crippen molar-refractivity contribution in [3.05, 3.63) is 12.3 Å². The van der Waals surface area contributed by atoms with Crippen LogP contribution in [0.25, 0.3) is 0 Å². The first-order chi connectivity index (χ1) is 6.65. The number of hydrogen-bond donors (Lipinski definition) is 2. The maximum atomic E-state index is 6.30. The highest BCUT2D eigenvalue weighted by molar-refractivity contribution is 5.14. The predicted octanol–water partition coefficient (Wildman–Crippen LogP) is 2.90. The Morgan fingerprint density at radius 1 is 1.33 bits per heavy atom. The van der Waals surface area contributed by atoms with Crippen molar-refractivity contribution in [3.63, 3.8) is 0 Å². The molecule has 0 aliphatic heterocycles. The molecule has 1 unspecified atom stereocenters. The minimum Gasteiger partial charge on any atom is -0.388 e. The van der Waals surface area contributed by atoms with Crippen molar-refractivity contribution in [2.45, 2.75) is 53.5 Å². The first-order valence-corrected chi connectivity index (χ1v) is 5.87. The third kappa shape index (κ3) is 3.53. The highest BCUT2D eigenvalue weighted by Gasteiger charge is 2.38. The maximum absolute atomic E-state index is 6.30. The second-order valence-electron chi connectivity index (χ2n) is 5.65. The molecule has 1 atom stereocenters. The van der Waals surface area contributed by atoms with Crippen LogP contribution in [0.3, 0.4) is 0 Å². The number of hydrogen-bond acceptors (Lipinski definition) is 2. The molecule has 0 radical (unpaired) electrons. The smallest absolute Gasteiger partial charge is 0.0229 e. The van der Waals surface area contributed by atoms with Gasteiger partial charge in [-0.1, -0.05) is 41.2 Å². The van der Waals surface area contributed by atoms with Crippen molar-refractivity contribution in [1.82, 2.24) is 5.32 Å². The van der Waals surface area contributed by atoms with Gasteiger partial charge in [0.25, 0.3) is 0 Å². The van der Waals surface area contributed by atoms with E-state index in [1.807, 2.05) is 0 Å². The topological polar surface area (TPSA) is 38.0 Å². The molecule has 3 N–H and O–H groups in total. The summed E-state index contributed by atoms with van der Waals surface area (Å²) in [5.74, 6) is 0.628. The Bertz CT molecular complexity index is 215. The quantitative estimate of drug-likeness (QED) is 0.710. The summed E-state index contributed by atoms with van der Waals surface area (Å²) in [5, 5.41) is 3.39. The Balaban J connectivity index is 4.52. The zero-order chi connectivity index (χ0) is 12.3. The van der Waals surface area contributed by atoms with Gasteiger partial charge in [0.2, 0.25) is 0 Å². The molecule has 0 rings (SSSR count). The molecule has 0 aromatic rings. The van der Waals surface area contributed by atoms with Crippen LogP contribution in [0.15, 0.2) is 12.3 Å². The average molecular weight is 212 g/mol. The largest absolute Gasteiger partial charge is 0.388 e. The van der Waals surface area contributed by atoms with Crippen molar-refractivity contribution in [3.8, 4) is 0 Å². The molecule has 0 amide bonds. The van der Waals surface area contributed by atoms with Gasteiger partial charge in [0, 0.05) is 23.2 Å². The number of nitrogens with two attached hydrogens (primary N) is 1. The molecule has 0 aliphatic rings. The zero-order valence-electron chi connectivity index (χ0n) is 11.3. The molecule has 0 aliphatic carbocycles. The van der Waals surface area contributed by atoms with Crippen molar-refractivity contribution in [1.29, 1.82) is 0 Å². The van der Waals surface area contributed by atoms with Gasteiger partial charge >= 0.3 is 0 Å². The van der Waals surface area contributed by atoms with E-state index in [-0.39, 0.29) is 11.0 Å². The van der Waals surface area contributed by atoms with Gasteiger partial charge in [0.15, 0.2) is 0 Å². The molecule has 0 fully saturated rings. The Morgan fingerprint density at radius 3 is 2.13 bits per heavy atom. The molecule has 0 aromatic heterocycles. The molecule has 90 valence electrons. The summed E-state index contributed by atoms with van der Waals surface area (Å²) in [7, 11) is 0. The molecule has 0 saturated heterocycles. The van der Waals surface area contributed by atoms with E-state index in [9.17, 15) is 0 Å². The van der Waals surface area contributed by atoms with Crippen LogP contribution in [0.2, 0.25) is 0 Å². The van der Waals surface area contributed by atoms with Gasteiger partial charge in [-0.3, -0.25) is 0 Å². The molecule has 0 spiro atoms. The van der Waals surface area contributed by atoms with Crippen LogP contribution < -0.4 is 11.1 Å². The molecule has 2 heteroatoms. The predicted molar refractivity (Wildman–Crippen MR) is 68.6 cm³/mol. The lowest BCUT2D eigenvalue weighted by Crippen LogP contribution is -2.52. The fourth-order valence-electron chi connectivity index (χ4n) is 1.33. The van der Waals surface area contributed by atoms with E-state index < -0.39 is 0 Å². The standard InChI is InChI=1S/C13H28N2/c1-8-13(7,14)12(5,6)11(4)15-9-10(2)3/h10,15H,4,8-9,14H2,1-3,5-7H3. The van der Waals surface area contributed by atoms with Gasteiger partial charge in [-0.05, 0) is 19.3 Å². The maximum Gasteiger partial charge on any atom is 0.0229 e. The van der Waals surface area contributed by atoms with E-state index in [0.29, 0.717) is 5.92 Å². The second-order valence-corrected chi connectivity index (χ2v) is 5.65. The van der Waals surface area contributed by atoms with Crippen LogP contribution in [0.4, 0.5) is 0 Å². The van der Waals surface area contributed by atoms with E-state index in [4.69, 9.17) is 5.73 Å². The third-order valence-electron chi connectivity index (χ3n) is 3.64. The summed E-state index contributed by atoms with van der Waals surface area (Å²) in [4.78, 5) is 0. The van der Waals surface area contributed by atoms with Crippen LogP contribution in [0.1, 0.15) is 48.0 Å². The van der Waals surface area contributed by atoms with Gasteiger partial charge in [0.1, 0.15) is 0 Å². The summed E-state index contributed by atoms with van der Waals surface area (Å²) in [6.45, 7) is 18.0. The molecule has 0 aromatic carbocycles. The van der Waals surface area contributed by atoms with Gasteiger partial charge in [-0.2, -0.15) is 0 Å². The zero-order valence-corrected chi connectivity index (χ0v) is 11.3. The average Bonchev–Trinajstić information content (AvgIpc) is 2.13. The second kappa shape index (κ2) is 5.02. The van der Waals surface area contributed by atoms with E-state index in [1.54, 1.807) is 0 Å². The van der Waals surface area contributed by atoms with E-state index in [0.717, 1.165) is 18.7 Å². The minimum atomic E-state index is -0.214. The number of nitrogens with one attached hydrogen (secondary N) is 1. The Morgan fingerprint density at radius 2 is 1.80 bits per heavy atom. The van der Waals surface area contributed by atoms with Crippen molar-refractivity contribution >= 4 is 0 Å². The summed E-state index contributed by atoms with van der Waals surface area (Å²) >= 11 is 0. The van der Waals surface area contributed by atoms with Crippen LogP contribution in [0.5, 0.6) is 0 Å². The summed E-state index contributed by atoms with van der Waals surface area (Å²) in [6, 6.07) is 0. The Hall–Kier alpha value is -0.500. The van der Waals surface area contributed by atoms with Crippen LogP contribution >= 0.6 is 0 Å². The molecule has 2 nitrogen and oxygen atoms in total. The van der Waals surface area contributed by atoms with Gasteiger partial charge < -0.3 is 11.1 Å².